The lowest BCUT2D eigenvalue weighted by atomic mass is 10.0. The molecule has 30 heavy (non-hydrogen) atoms. The number of pyridine rings is 1. The van der Waals surface area contributed by atoms with Gasteiger partial charge < -0.3 is 10.2 Å². The summed E-state index contributed by atoms with van der Waals surface area (Å²) >= 11 is 0. The molecule has 1 aromatic carbocycles. The monoisotopic (exact) mass is 431 g/mol. The average Bonchev–Trinajstić information content (AvgIpc) is 2.67. The van der Waals surface area contributed by atoms with Crippen LogP contribution in [0.15, 0.2) is 42.6 Å². The summed E-state index contributed by atoms with van der Waals surface area (Å²) in [4.78, 5) is 17.9. The molecule has 0 spiro atoms. The predicted molar refractivity (Wildman–Crippen MR) is 97.8 cm³/mol. The lowest BCUT2D eigenvalue weighted by Crippen LogP contribution is -2.45. The van der Waals surface area contributed by atoms with E-state index < -0.39 is 23.5 Å². The highest BCUT2D eigenvalue weighted by atomic mass is 19.4. The van der Waals surface area contributed by atoms with E-state index in [-0.39, 0.29) is 23.9 Å². The lowest BCUT2D eigenvalue weighted by Gasteiger charge is -2.33. The maximum absolute atomic E-state index is 12.8. The van der Waals surface area contributed by atoms with Gasteiger partial charge >= 0.3 is 12.4 Å². The van der Waals surface area contributed by atoms with Crippen molar-refractivity contribution >= 4 is 11.7 Å². The first kappa shape index (κ1) is 21.9. The van der Waals surface area contributed by atoms with Gasteiger partial charge in [-0.1, -0.05) is 18.2 Å². The quantitative estimate of drug-likeness (QED) is 0.728. The van der Waals surface area contributed by atoms with Crippen LogP contribution in [0.1, 0.15) is 29.5 Å². The number of hydrogen-bond acceptors (Lipinski definition) is 3. The minimum absolute atomic E-state index is 0.158. The van der Waals surface area contributed by atoms with Crippen molar-refractivity contribution in [3.05, 3.63) is 59.3 Å². The molecule has 0 saturated carbocycles. The Morgan fingerprint density at radius 2 is 1.67 bits per heavy atom. The normalized spacial score (nSPS) is 15.9. The summed E-state index contributed by atoms with van der Waals surface area (Å²) in [6.07, 6.45) is -7.18. The average molecular weight is 431 g/mol. The summed E-state index contributed by atoms with van der Waals surface area (Å²) in [7, 11) is 0. The number of hydrogen-bond donors (Lipinski definition) is 1. The van der Waals surface area contributed by atoms with Crippen LogP contribution in [0, 0.1) is 0 Å². The Hall–Kier alpha value is -2.78. The third kappa shape index (κ3) is 5.64. The molecule has 1 aliphatic heterocycles. The van der Waals surface area contributed by atoms with Crippen LogP contribution in [-0.2, 0) is 23.6 Å². The molecule has 0 atom stereocenters. The number of benzene rings is 1. The van der Waals surface area contributed by atoms with Crippen molar-refractivity contribution < 1.29 is 31.1 Å². The highest BCUT2D eigenvalue weighted by molar-refractivity contribution is 5.79. The number of rotatable bonds is 4. The van der Waals surface area contributed by atoms with Crippen molar-refractivity contribution in [3.63, 3.8) is 0 Å². The first-order valence-electron chi connectivity index (χ1n) is 9.26. The predicted octanol–water partition coefficient (Wildman–Crippen LogP) is 4.45. The van der Waals surface area contributed by atoms with Gasteiger partial charge in [-0.25, -0.2) is 4.98 Å². The van der Waals surface area contributed by atoms with Gasteiger partial charge in [-0.05, 0) is 36.6 Å². The molecule has 1 fully saturated rings. The number of piperidine rings is 1. The van der Waals surface area contributed by atoms with E-state index >= 15 is 0 Å². The van der Waals surface area contributed by atoms with Crippen LogP contribution in [0.4, 0.5) is 32.2 Å². The van der Waals surface area contributed by atoms with Crippen molar-refractivity contribution in [2.45, 2.75) is 37.7 Å². The van der Waals surface area contributed by atoms with E-state index in [1.807, 2.05) is 4.90 Å². The number of nitrogens with zero attached hydrogens (tertiary/aromatic N) is 2. The molecule has 0 radical (unpaired) electrons. The van der Waals surface area contributed by atoms with E-state index in [1.165, 1.54) is 18.2 Å². The van der Waals surface area contributed by atoms with Crippen LogP contribution in [0.2, 0.25) is 0 Å². The fraction of sp³-hybridized carbons (Fsp3) is 0.400. The Bertz CT molecular complexity index is 871. The lowest BCUT2D eigenvalue weighted by molar-refractivity contribution is -0.138. The second kappa shape index (κ2) is 8.53. The fourth-order valence-electron chi connectivity index (χ4n) is 3.32. The summed E-state index contributed by atoms with van der Waals surface area (Å²) in [5.74, 6) is 0.0529. The van der Waals surface area contributed by atoms with E-state index in [9.17, 15) is 31.1 Å². The Morgan fingerprint density at radius 3 is 2.23 bits per heavy atom. The van der Waals surface area contributed by atoms with E-state index in [2.05, 4.69) is 10.3 Å². The third-order valence-corrected chi connectivity index (χ3v) is 4.88. The standard InChI is InChI=1S/C20H19F6N3O/c21-19(22,23)14-3-1-2-13(10-14)11-18(30)28-16-6-8-29(9-7-16)17-5-4-15(12-27-17)20(24,25)26/h1-5,10,12,16H,6-9,11H2,(H,28,30). The van der Waals surface area contributed by atoms with Gasteiger partial charge in [-0.3, -0.25) is 4.79 Å². The molecule has 0 bridgehead atoms. The molecule has 162 valence electrons. The number of nitrogens with one attached hydrogen (secondary N) is 1. The topological polar surface area (TPSA) is 45.2 Å². The van der Waals surface area contributed by atoms with Crippen LogP contribution < -0.4 is 10.2 Å². The van der Waals surface area contributed by atoms with E-state index in [1.54, 1.807) is 0 Å². The zero-order valence-corrected chi connectivity index (χ0v) is 15.7. The molecule has 1 aromatic heterocycles. The molecule has 0 unspecified atom stereocenters. The van der Waals surface area contributed by atoms with Crippen LogP contribution in [-0.4, -0.2) is 30.0 Å². The summed E-state index contributed by atoms with van der Waals surface area (Å²) in [5.41, 5.74) is -1.35. The Kier molecular flexibility index (Phi) is 6.23. The summed E-state index contributed by atoms with van der Waals surface area (Å²) in [6, 6.07) is 6.77. The highest BCUT2D eigenvalue weighted by Gasteiger charge is 2.32. The van der Waals surface area contributed by atoms with Crippen LogP contribution in [0.5, 0.6) is 0 Å². The molecule has 4 nitrogen and oxygen atoms in total. The number of anilines is 1. The summed E-state index contributed by atoms with van der Waals surface area (Å²) in [5, 5.41) is 2.81. The number of carbonyl (C=O) groups is 1. The molecule has 2 heterocycles. The van der Waals surface area contributed by atoms with Gasteiger partial charge in [0.25, 0.3) is 0 Å². The molecule has 1 amide bonds. The number of carbonyl (C=O) groups excluding carboxylic acids is 1. The molecule has 2 aromatic rings. The second-order valence-electron chi connectivity index (χ2n) is 7.11. The van der Waals surface area contributed by atoms with Gasteiger partial charge in [-0.15, -0.1) is 0 Å². The van der Waals surface area contributed by atoms with E-state index in [0.29, 0.717) is 31.7 Å². The van der Waals surface area contributed by atoms with Crippen molar-refractivity contribution in [2.24, 2.45) is 0 Å². The molecule has 10 heteroatoms. The first-order chi connectivity index (χ1) is 14.0. The molecular formula is C20H19F6N3O. The Labute approximate surface area is 168 Å². The number of alkyl halides is 6. The van der Waals surface area contributed by atoms with E-state index in [0.717, 1.165) is 24.4 Å². The van der Waals surface area contributed by atoms with Crippen molar-refractivity contribution in [2.75, 3.05) is 18.0 Å². The minimum Gasteiger partial charge on any atom is -0.356 e. The minimum atomic E-state index is -4.47. The number of amides is 1. The molecule has 0 aliphatic carbocycles. The second-order valence-corrected chi connectivity index (χ2v) is 7.11. The molecule has 3 rings (SSSR count). The highest BCUT2D eigenvalue weighted by Crippen LogP contribution is 2.30. The first-order valence-corrected chi connectivity index (χ1v) is 9.26. The molecular weight excluding hydrogens is 412 g/mol. The van der Waals surface area contributed by atoms with Crippen LogP contribution in [0.3, 0.4) is 0 Å². The maximum Gasteiger partial charge on any atom is 0.417 e. The fourth-order valence-corrected chi connectivity index (χ4v) is 3.32. The summed E-state index contributed by atoms with van der Waals surface area (Å²) in [6.45, 7) is 0.986. The number of halogens is 6. The van der Waals surface area contributed by atoms with E-state index in [4.69, 9.17) is 0 Å². The van der Waals surface area contributed by atoms with Gasteiger partial charge in [0.2, 0.25) is 5.91 Å². The largest absolute Gasteiger partial charge is 0.417 e. The SMILES string of the molecule is O=C(Cc1cccc(C(F)(F)F)c1)NC1CCN(c2ccc(C(F)(F)F)cn2)CC1. The molecule has 1 saturated heterocycles. The van der Waals surface area contributed by atoms with Gasteiger partial charge in [-0.2, -0.15) is 26.3 Å². The smallest absolute Gasteiger partial charge is 0.356 e. The Balaban J connectivity index is 1.50. The van der Waals surface area contributed by atoms with Crippen molar-refractivity contribution in [3.8, 4) is 0 Å². The summed E-state index contributed by atoms with van der Waals surface area (Å²) < 4.78 is 76.2. The van der Waals surface area contributed by atoms with Gasteiger partial charge in [0.1, 0.15) is 5.82 Å². The van der Waals surface area contributed by atoms with Gasteiger partial charge in [0.05, 0.1) is 17.5 Å². The zero-order valence-electron chi connectivity index (χ0n) is 15.7. The van der Waals surface area contributed by atoms with Gasteiger partial charge in [0.15, 0.2) is 0 Å². The van der Waals surface area contributed by atoms with Crippen molar-refractivity contribution in [1.82, 2.24) is 10.3 Å². The third-order valence-electron chi connectivity index (χ3n) is 4.88. The number of aromatic nitrogens is 1. The molecule has 1 N–H and O–H groups in total. The molecule has 1 aliphatic rings. The Morgan fingerprint density at radius 1 is 1.00 bits per heavy atom. The van der Waals surface area contributed by atoms with Gasteiger partial charge in [0, 0.05) is 25.3 Å². The van der Waals surface area contributed by atoms with Crippen LogP contribution >= 0.6 is 0 Å². The van der Waals surface area contributed by atoms with Crippen LogP contribution in [0.25, 0.3) is 0 Å². The van der Waals surface area contributed by atoms with Crippen molar-refractivity contribution in [1.29, 1.82) is 0 Å². The maximum atomic E-state index is 12.8. The zero-order chi connectivity index (χ0) is 21.9.